The number of benzene rings is 1. The second-order valence-corrected chi connectivity index (χ2v) is 8.52. The van der Waals surface area contributed by atoms with E-state index in [-0.39, 0.29) is 24.7 Å². The number of rotatable bonds is 10. The molecule has 3 N–H and O–H groups in total. The van der Waals surface area contributed by atoms with Gasteiger partial charge in [0.1, 0.15) is 11.9 Å². The molecule has 2 amide bonds. The third kappa shape index (κ3) is 10.1. The zero-order chi connectivity index (χ0) is 22.0. The van der Waals surface area contributed by atoms with Gasteiger partial charge in [-0.15, -0.1) is 0 Å². The number of amides is 2. The van der Waals surface area contributed by atoms with Crippen LogP contribution in [0, 0.1) is 5.92 Å². The number of carbonyl (C=O) groups is 3. The number of aldehydes is 1. The highest BCUT2D eigenvalue weighted by Crippen LogP contribution is 2.13. The molecule has 3 atom stereocenters. The number of alkyl carbamates (subject to hydrolysis) is 1. The van der Waals surface area contributed by atoms with Crippen molar-refractivity contribution in [3.05, 3.63) is 35.9 Å². The van der Waals surface area contributed by atoms with Crippen molar-refractivity contribution < 1.29 is 24.2 Å². The zero-order valence-electron chi connectivity index (χ0n) is 18.0. The average Bonchev–Trinajstić information content (AvgIpc) is 2.62. The highest BCUT2D eigenvalue weighted by atomic mass is 16.6. The van der Waals surface area contributed by atoms with Crippen LogP contribution in [-0.4, -0.2) is 47.2 Å². The van der Waals surface area contributed by atoms with Crippen LogP contribution in [0.25, 0.3) is 0 Å². The summed E-state index contributed by atoms with van der Waals surface area (Å²) in [5.41, 5.74) is 0.283. The SMILES string of the molecule is CC(C)C(C=O)NC(=O)CC[C@H](O)[C@H](Cc1ccccc1)NC(=O)OC(C)(C)C. The maximum Gasteiger partial charge on any atom is 0.407 e. The maximum absolute atomic E-state index is 12.2. The topological polar surface area (TPSA) is 105 Å². The minimum absolute atomic E-state index is 0.0129. The first-order valence-corrected chi connectivity index (χ1v) is 9.98. The minimum atomic E-state index is -0.956. The molecule has 0 aliphatic heterocycles. The van der Waals surface area contributed by atoms with E-state index in [2.05, 4.69) is 10.6 Å². The Morgan fingerprint density at radius 1 is 1.14 bits per heavy atom. The molecule has 0 spiro atoms. The fraction of sp³-hybridized carbons (Fsp3) is 0.591. The molecule has 0 saturated heterocycles. The fourth-order valence-electron chi connectivity index (χ4n) is 2.71. The minimum Gasteiger partial charge on any atom is -0.444 e. The summed E-state index contributed by atoms with van der Waals surface area (Å²) in [7, 11) is 0. The van der Waals surface area contributed by atoms with Gasteiger partial charge in [0.25, 0.3) is 0 Å². The van der Waals surface area contributed by atoms with Gasteiger partial charge in [-0.25, -0.2) is 4.79 Å². The summed E-state index contributed by atoms with van der Waals surface area (Å²) in [5.74, 6) is -0.327. The Morgan fingerprint density at radius 3 is 2.28 bits per heavy atom. The van der Waals surface area contributed by atoms with Gasteiger partial charge in [-0.1, -0.05) is 44.2 Å². The van der Waals surface area contributed by atoms with E-state index in [1.54, 1.807) is 20.8 Å². The van der Waals surface area contributed by atoms with Gasteiger partial charge in [-0.3, -0.25) is 4.79 Å². The van der Waals surface area contributed by atoms with Crippen molar-refractivity contribution >= 4 is 18.3 Å². The Labute approximate surface area is 173 Å². The lowest BCUT2D eigenvalue weighted by molar-refractivity contribution is -0.125. The van der Waals surface area contributed by atoms with E-state index < -0.39 is 29.9 Å². The molecule has 0 aliphatic rings. The van der Waals surface area contributed by atoms with Crippen molar-refractivity contribution in [2.75, 3.05) is 0 Å². The number of ether oxygens (including phenoxy) is 1. The van der Waals surface area contributed by atoms with Gasteiger partial charge in [0.2, 0.25) is 5.91 Å². The summed E-state index contributed by atoms with van der Waals surface area (Å²) >= 11 is 0. The highest BCUT2D eigenvalue weighted by molar-refractivity contribution is 5.79. The third-order valence-corrected chi connectivity index (χ3v) is 4.32. The van der Waals surface area contributed by atoms with Gasteiger partial charge in [0.05, 0.1) is 18.2 Å². The molecule has 29 heavy (non-hydrogen) atoms. The van der Waals surface area contributed by atoms with Crippen molar-refractivity contribution in [1.29, 1.82) is 0 Å². The van der Waals surface area contributed by atoms with Crippen LogP contribution in [0.2, 0.25) is 0 Å². The molecule has 0 saturated carbocycles. The molecule has 0 fully saturated rings. The van der Waals surface area contributed by atoms with Crippen molar-refractivity contribution in [3.63, 3.8) is 0 Å². The number of nitrogens with one attached hydrogen (secondary N) is 2. The average molecular weight is 407 g/mol. The summed E-state index contributed by atoms with van der Waals surface area (Å²) in [5, 5.41) is 16.0. The first-order chi connectivity index (χ1) is 13.5. The Kier molecular flexibility index (Phi) is 9.81. The predicted molar refractivity (Wildman–Crippen MR) is 111 cm³/mol. The Balaban J connectivity index is 2.73. The first kappa shape index (κ1) is 24.6. The number of aliphatic hydroxyl groups is 1. The van der Waals surface area contributed by atoms with Gasteiger partial charge >= 0.3 is 6.09 Å². The predicted octanol–water partition coefficient (Wildman–Crippen LogP) is 2.60. The van der Waals surface area contributed by atoms with E-state index in [9.17, 15) is 19.5 Å². The molecule has 0 aromatic heterocycles. The molecule has 1 unspecified atom stereocenters. The van der Waals surface area contributed by atoms with E-state index in [1.165, 1.54) is 0 Å². The molecule has 0 aliphatic carbocycles. The number of carbonyl (C=O) groups excluding carboxylic acids is 3. The standard InChI is InChI=1S/C22H34N2O5/c1-15(2)18(14-25)23-20(27)12-11-19(26)17(13-16-9-7-6-8-10-16)24-21(28)29-22(3,4)5/h6-10,14-15,17-19,26H,11-13H2,1-5H3,(H,23,27)(H,24,28)/t17-,18?,19-/m0/s1. The number of hydrogen-bond acceptors (Lipinski definition) is 5. The van der Waals surface area contributed by atoms with Gasteiger partial charge < -0.3 is 25.3 Å². The van der Waals surface area contributed by atoms with Crippen molar-refractivity contribution in [3.8, 4) is 0 Å². The van der Waals surface area contributed by atoms with Crippen LogP contribution in [0.15, 0.2) is 30.3 Å². The first-order valence-electron chi connectivity index (χ1n) is 9.98. The van der Waals surface area contributed by atoms with Gasteiger partial charge in [0, 0.05) is 6.42 Å². The molecule has 1 aromatic rings. The van der Waals surface area contributed by atoms with E-state index in [0.717, 1.165) is 5.56 Å². The Morgan fingerprint density at radius 2 is 1.76 bits per heavy atom. The second kappa shape index (κ2) is 11.6. The Bertz CT molecular complexity index is 655. The molecular formula is C22H34N2O5. The van der Waals surface area contributed by atoms with E-state index in [4.69, 9.17) is 4.74 Å². The summed E-state index contributed by atoms with van der Waals surface area (Å²) in [6.45, 7) is 8.97. The summed E-state index contributed by atoms with van der Waals surface area (Å²) in [6, 6.07) is 8.28. The molecule has 7 nitrogen and oxygen atoms in total. The van der Waals surface area contributed by atoms with Crippen molar-refractivity contribution in [1.82, 2.24) is 10.6 Å². The van der Waals surface area contributed by atoms with Crippen molar-refractivity contribution in [2.24, 2.45) is 5.92 Å². The summed E-state index contributed by atoms with van der Waals surface area (Å²) < 4.78 is 5.30. The third-order valence-electron chi connectivity index (χ3n) is 4.32. The van der Waals surface area contributed by atoms with E-state index >= 15 is 0 Å². The number of aliphatic hydroxyl groups excluding tert-OH is 1. The smallest absolute Gasteiger partial charge is 0.407 e. The molecule has 0 bridgehead atoms. The zero-order valence-corrected chi connectivity index (χ0v) is 18.0. The van der Waals surface area contributed by atoms with Crippen LogP contribution in [-0.2, 0) is 20.7 Å². The lowest BCUT2D eigenvalue weighted by Crippen LogP contribution is -2.47. The van der Waals surface area contributed by atoms with Gasteiger partial charge in [-0.2, -0.15) is 0 Å². The van der Waals surface area contributed by atoms with E-state index in [0.29, 0.717) is 12.7 Å². The quantitative estimate of drug-likeness (QED) is 0.518. The van der Waals surface area contributed by atoms with Crippen LogP contribution in [0.4, 0.5) is 4.79 Å². The monoisotopic (exact) mass is 406 g/mol. The molecule has 1 aromatic carbocycles. The van der Waals surface area contributed by atoms with Crippen LogP contribution in [0.3, 0.4) is 0 Å². The largest absolute Gasteiger partial charge is 0.444 e. The lowest BCUT2D eigenvalue weighted by Gasteiger charge is -2.27. The van der Waals surface area contributed by atoms with Gasteiger partial charge in [0.15, 0.2) is 0 Å². The number of hydrogen-bond donors (Lipinski definition) is 3. The van der Waals surface area contributed by atoms with Crippen molar-refractivity contribution in [2.45, 2.75) is 77.7 Å². The van der Waals surface area contributed by atoms with Crippen LogP contribution >= 0.6 is 0 Å². The molecule has 162 valence electrons. The fourth-order valence-corrected chi connectivity index (χ4v) is 2.71. The highest BCUT2D eigenvalue weighted by Gasteiger charge is 2.26. The van der Waals surface area contributed by atoms with Crippen LogP contribution in [0.5, 0.6) is 0 Å². The summed E-state index contributed by atoms with van der Waals surface area (Å²) in [6.07, 6.45) is -0.292. The second-order valence-electron chi connectivity index (χ2n) is 8.52. The Hall–Kier alpha value is -2.41. The molecule has 7 heteroatoms. The van der Waals surface area contributed by atoms with Gasteiger partial charge in [-0.05, 0) is 45.1 Å². The van der Waals surface area contributed by atoms with Crippen LogP contribution < -0.4 is 10.6 Å². The molecule has 1 rings (SSSR count). The molecule has 0 heterocycles. The van der Waals surface area contributed by atoms with E-state index in [1.807, 2.05) is 44.2 Å². The summed E-state index contributed by atoms with van der Waals surface area (Å²) in [4.78, 5) is 35.4. The molecule has 0 radical (unpaired) electrons. The molecular weight excluding hydrogens is 372 g/mol. The normalized spacial score (nSPS) is 14.6. The van der Waals surface area contributed by atoms with Crippen LogP contribution in [0.1, 0.15) is 53.0 Å². The maximum atomic E-state index is 12.2. The lowest BCUT2D eigenvalue weighted by atomic mass is 9.98.